The number of rotatable bonds is 1. The van der Waals surface area contributed by atoms with Crippen LogP contribution in [0.25, 0.3) is 21.8 Å². The molecule has 1 aromatic heterocycles. The summed E-state index contributed by atoms with van der Waals surface area (Å²) in [6.45, 7) is 0. The molecule has 0 saturated carbocycles. The predicted molar refractivity (Wildman–Crippen MR) is 117 cm³/mol. The molecule has 0 saturated heterocycles. The average molecular weight is 386 g/mol. The number of hydrogen-bond acceptors (Lipinski definition) is 0. The molecule has 5 heteroatoms. The van der Waals surface area contributed by atoms with Crippen LogP contribution in [0.4, 0.5) is 0 Å². The number of aryl methyl sites for hydroxylation is 1. The Morgan fingerprint density at radius 1 is 0.720 bits per heavy atom. The SMILES string of the molecule is Cn1c2ccccc2c(=[SH]c2ccc(Cl)cc2)c2ccccc21.[NaH].[NaH]. The first-order valence-corrected chi connectivity index (χ1v) is 8.78. The molecule has 25 heavy (non-hydrogen) atoms. The third-order valence-corrected chi connectivity index (χ3v) is 5.62. The van der Waals surface area contributed by atoms with Crippen molar-refractivity contribution in [3.05, 3.63) is 82.3 Å². The van der Waals surface area contributed by atoms with Crippen LogP contribution in [0.3, 0.4) is 0 Å². The molecular formula is C20H18ClNNa2S. The molecule has 4 aromatic rings. The maximum atomic E-state index is 6.02. The number of halogens is 1. The van der Waals surface area contributed by atoms with Gasteiger partial charge in [-0.2, -0.15) is 11.4 Å². The summed E-state index contributed by atoms with van der Waals surface area (Å²) in [6, 6.07) is 25.3. The summed E-state index contributed by atoms with van der Waals surface area (Å²) in [5.41, 5.74) is 2.50. The van der Waals surface area contributed by atoms with Gasteiger partial charge in [0.05, 0.1) is 0 Å². The molecule has 118 valence electrons. The molecule has 3 aromatic carbocycles. The number of nitrogens with zero attached hydrogens (tertiary/aromatic N) is 1. The Morgan fingerprint density at radius 2 is 1.20 bits per heavy atom. The second-order valence-corrected chi connectivity index (χ2v) is 7.15. The first-order chi connectivity index (χ1) is 11.2. The molecule has 0 unspecified atom stereocenters. The zero-order valence-electron chi connectivity index (χ0n) is 12.7. The van der Waals surface area contributed by atoms with Crippen LogP contribution in [-0.2, 0) is 7.05 Å². The Balaban J connectivity index is 0.00000113. The predicted octanol–water partition coefficient (Wildman–Crippen LogP) is 4.74. The van der Waals surface area contributed by atoms with Crippen molar-refractivity contribution in [2.24, 2.45) is 7.05 Å². The van der Waals surface area contributed by atoms with Crippen LogP contribution in [0.1, 0.15) is 0 Å². The van der Waals surface area contributed by atoms with Gasteiger partial charge in [-0.15, -0.1) is 0 Å². The number of aromatic nitrogens is 1. The topological polar surface area (TPSA) is 4.93 Å². The quantitative estimate of drug-likeness (QED) is 0.209. The van der Waals surface area contributed by atoms with Gasteiger partial charge in [-0.3, -0.25) is 0 Å². The van der Waals surface area contributed by atoms with E-state index >= 15 is 0 Å². The summed E-state index contributed by atoms with van der Waals surface area (Å²) in [7, 11) is 2.13. The van der Waals surface area contributed by atoms with Crippen molar-refractivity contribution < 1.29 is 0 Å². The zero-order valence-corrected chi connectivity index (χ0v) is 14.4. The second-order valence-electron chi connectivity index (χ2n) is 5.53. The van der Waals surface area contributed by atoms with Crippen molar-refractivity contribution in [3.8, 4) is 0 Å². The van der Waals surface area contributed by atoms with Crippen LogP contribution in [-0.4, -0.2) is 63.7 Å². The second kappa shape index (κ2) is 9.25. The van der Waals surface area contributed by atoms with Crippen LogP contribution < -0.4 is 0 Å². The van der Waals surface area contributed by atoms with Crippen LogP contribution in [0, 0.1) is 4.51 Å². The van der Waals surface area contributed by atoms with Gasteiger partial charge in [-0.05, 0) is 41.3 Å². The molecule has 0 aliphatic rings. The first-order valence-electron chi connectivity index (χ1n) is 7.51. The summed E-state index contributed by atoms with van der Waals surface area (Å²) in [4.78, 5) is 1.25. The van der Waals surface area contributed by atoms with E-state index in [0.717, 1.165) is 5.02 Å². The van der Waals surface area contributed by atoms with Gasteiger partial charge in [0, 0.05) is 38.4 Å². The monoisotopic (exact) mass is 385 g/mol. The van der Waals surface area contributed by atoms with E-state index in [-0.39, 0.29) is 59.1 Å². The molecule has 0 aliphatic carbocycles. The van der Waals surface area contributed by atoms with Crippen molar-refractivity contribution >= 4 is 104 Å². The van der Waals surface area contributed by atoms with Crippen molar-refractivity contribution in [2.45, 2.75) is 4.90 Å². The summed E-state index contributed by atoms with van der Waals surface area (Å²) < 4.78 is 3.61. The van der Waals surface area contributed by atoms with E-state index in [0.29, 0.717) is 0 Å². The van der Waals surface area contributed by atoms with Crippen molar-refractivity contribution in [1.82, 2.24) is 4.57 Å². The molecule has 4 rings (SSSR count). The molecule has 0 aliphatic heterocycles. The molecule has 0 atom stereocenters. The molecule has 0 bridgehead atoms. The molecule has 1 nitrogen and oxygen atoms in total. The van der Waals surface area contributed by atoms with E-state index in [1.165, 1.54) is 42.6 Å². The van der Waals surface area contributed by atoms with E-state index < -0.39 is 0 Å². The molecular weight excluding hydrogens is 368 g/mol. The van der Waals surface area contributed by atoms with Gasteiger partial charge in [-0.1, -0.05) is 48.0 Å². The van der Waals surface area contributed by atoms with Crippen molar-refractivity contribution in [3.63, 3.8) is 0 Å². The normalized spacial score (nSPS) is 10.3. The zero-order chi connectivity index (χ0) is 15.8. The Hall–Kier alpha value is -0.0300. The van der Waals surface area contributed by atoms with Crippen molar-refractivity contribution in [1.29, 1.82) is 0 Å². The van der Waals surface area contributed by atoms with Gasteiger partial charge in [0.15, 0.2) is 0 Å². The van der Waals surface area contributed by atoms with Gasteiger partial charge in [0.2, 0.25) is 0 Å². The molecule has 0 spiro atoms. The van der Waals surface area contributed by atoms with E-state index in [4.69, 9.17) is 11.6 Å². The molecule has 0 N–H and O–H groups in total. The first kappa shape index (κ1) is 21.3. The van der Waals surface area contributed by atoms with Gasteiger partial charge in [0.1, 0.15) is 0 Å². The Morgan fingerprint density at radius 3 is 1.72 bits per heavy atom. The van der Waals surface area contributed by atoms with E-state index in [1.54, 1.807) is 0 Å². The number of fused-ring (bicyclic) bond motifs is 2. The van der Waals surface area contributed by atoms with E-state index in [9.17, 15) is 0 Å². The van der Waals surface area contributed by atoms with E-state index in [1.807, 2.05) is 12.1 Å². The molecule has 0 radical (unpaired) electrons. The minimum atomic E-state index is 0. The number of thiol groups is 1. The van der Waals surface area contributed by atoms with Gasteiger partial charge in [-0.25, -0.2) is 0 Å². The fourth-order valence-corrected chi connectivity index (χ4v) is 4.27. The minimum absolute atomic E-state index is 0. The fraction of sp³-hybridized carbons (Fsp3) is 0.0500. The van der Waals surface area contributed by atoms with Crippen LogP contribution in [0.15, 0.2) is 77.7 Å². The molecule has 1 heterocycles. The van der Waals surface area contributed by atoms with Gasteiger partial charge in [0.25, 0.3) is 0 Å². The third kappa shape index (κ3) is 4.28. The van der Waals surface area contributed by atoms with Gasteiger partial charge >= 0.3 is 59.1 Å². The summed E-state index contributed by atoms with van der Waals surface area (Å²) in [6.07, 6.45) is 0. The van der Waals surface area contributed by atoms with E-state index in [2.05, 4.69) is 72.3 Å². The number of pyridine rings is 1. The summed E-state index contributed by atoms with van der Waals surface area (Å²) in [5.74, 6) is 0. The standard InChI is InChI=1S/C20H16ClNS.2Na.2H/c1-22-18-8-4-2-6-16(18)20(17-7-3-5-9-19(17)22)23-15-12-10-14(21)11-13-15;;;;/h2-13,23H,1H3;;;;. The third-order valence-electron chi connectivity index (χ3n) is 4.11. The van der Waals surface area contributed by atoms with Crippen LogP contribution >= 0.6 is 23.0 Å². The number of hydrogen-bond donors (Lipinski definition) is 1. The summed E-state index contributed by atoms with van der Waals surface area (Å²) >= 11 is 7.22. The Labute approximate surface area is 200 Å². The number of para-hydroxylation sites is 2. The molecule has 0 amide bonds. The van der Waals surface area contributed by atoms with Crippen molar-refractivity contribution in [2.75, 3.05) is 0 Å². The van der Waals surface area contributed by atoms with Crippen LogP contribution in [0.5, 0.6) is 0 Å². The van der Waals surface area contributed by atoms with Crippen LogP contribution in [0.2, 0.25) is 5.02 Å². The maximum absolute atomic E-state index is 6.02. The van der Waals surface area contributed by atoms with Gasteiger partial charge < -0.3 is 4.57 Å². The Kier molecular flexibility index (Phi) is 7.87. The Bertz CT molecular complexity index is 1030. The molecule has 0 fully saturated rings. The average Bonchev–Trinajstić information content (AvgIpc) is 2.60. The fourth-order valence-electron chi connectivity index (χ4n) is 2.97. The summed E-state index contributed by atoms with van der Waals surface area (Å²) in [5, 5.41) is 3.37. The number of benzene rings is 3.